The van der Waals surface area contributed by atoms with Crippen LogP contribution in [-0.4, -0.2) is 53.4 Å². The fraction of sp³-hybridized carbons (Fsp3) is 0.778. The molecule has 0 bridgehead atoms. The topological polar surface area (TPSA) is 59.4 Å². The summed E-state index contributed by atoms with van der Waals surface area (Å²) in [6.45, 7) is 14.1. The third kappa shape index (κ3) is 6.28. The molecule has 0 spiro atoms. The second kappa shape index (κ2) is 10.8. The number of nitrogens with one attached hydrogen (secondary N) is 1. The van der Waals surface area contributed by atoms with Crippen molar-refractivity contribution in [1.82, 2.24) is 20.0 Å². The van der Waals surface area contributed by atoms with Gasteiger partial charge in [-0.25, -0.2) is 0 Å². The zero-order valence-corrected chi connectivity index (χ0v) is 16.8. The van der Waals surface area contributed by atoms with Crippen LogP contribution in [0.1, 0.15) is 43.6 Å². The summed E-state index contributed by atoms with van der Waals surface area (Å²) in [6.07, 6.45) is 2.50. The van der Waals surface area contributed by atoms with Crippen LogP contribution < -0.4 is 5.32 Å². The summed E-state index contributed by atoms with van der Waals surface area (Å²) in [5.41, 5.74) is 3.35. The van der Waals surface area contributed by atoms with Gasteiger partial charge in [0.1, 0.15) is 6.54 Å². The molecule has 0 aromatic carbocycles. The zero-order valence-electron chi connectivity index (χ0n) is 16.0. The minimum atomic E-state index is -0.223. The summed E-state index contributed by atoms with van der Waals surface area (Å²) in [7, 11) is 0. The van der Waals surface area contributed by atoms with Gasteiger partial charge < -0.3 is 10.1 Å². The predicted molar refractivity (Wildman–Crippen MR) is 102 cm³/mol. The lowest BCUT2D eigenvalue weighted by Crippen LogP contribution is -2.37. The van der Waals surface area contributed by atoms with E-state index in [9.17, 15) is 4.79 Å². The van der Waals surface area contributed by atoms with Crippen molar-refractivity contribution < 1.29 is 9.53 Å². The Kier molecular flexibility index (Phi) is 9.46. The van der Waals surface area contributed by atoms with Gasteiger partial charge in [-0.3, -0.25) is 14.4 Å². The van der Waals surface area contributed by atoms with Crippen LogP contribution in [0.5, 0.6) is 0 Å². The van der Waals surface area contributed by atoms with Gasteiger partial charge in [0.15, 0.2) is 0 Å². The lowest BCUT2D eigenvalue weighted by atomic mass is 9.96. The van der Waals surface area contributed by atoms with Crippen LogP contribution in [0.2, 0.25) is 0 Å². The van der Waals surface area contributed by atoms with Gasteiger partial charge in [0, 0.05) is 17.8 Å². The number of carbonyl (C=O) groups is 1. The zero-order chi connectivity index (χ0) is 17.5. The summed E-state index contributed by atoms with van der Waals surface area (Å²) in [6, 6.07) is 0. The second-order valence-corrected chi connectivity index (χ2v) is 6.64. The van der Waals surface area contributed by atoms with Crippen molar-refractivity contribution in [2.75, 3.05) is 32.8 Å². The molecule has 0 aliphatic carbocycles. The highest BCUT2D eigenvalue weighted by Crippen LogP contribution is 2.21. The number of rotatable bonds is 8. The molecule has 7 heteroatoms. The molecule has 0 unspecified atom stereocenters. The number of halogens is 1. The molecular weight excluding hydrogens is 340 g/mol. The molecule has 1 fully saturated rings. The number of nitrogens with zero attached hydrogens (tertiary/aromatic N) is 3. The van der Waals surface area contributed by atoms with E-state index in [-0.39, 0.29) is 24.9 Å². The number of hydrogen-bond donors (Lipinski definition) is 1. The third-order valence-corrected chi connectivity index (χ3v) is 4.89. The van der Waals surface area contributed by atoms with E-state index in [0.717, 1.165) is 50.0 Å². The van der Waals surface area contributed by atoms with Crippen LogP contribution in [0.3, 0.4) is 0 Å². The van der Waals surface area contributed by atoms with E-state index in [1.165, 1.54) is 18.4 Å². The molecule has 144 valence electrons. The molecule has 0 saturated carbocycles. The van der Waals surface area contributed by atoms with Crippen molar-refractivity contribution in [1.29, 1.82) is 0 Å². The molecule has 1 saturated heterocycles. The molecule has 25 heavy (non-hydrogen) atoms. The van der Waals surface area contributed by atoms with E-state index in [2.05, 4.69) is 22.2 Å². The lowest BCUT2D eigenvalue weighted by Gasteiger charge is -2.32. The van der Waals surface area contributed by atoms with E-state index in [1.807, 2.05) is 20.8 Å². The highest BCUT2D eigenvalue weighted by atomic mass is 35.5. The maximum Gasteiger partial charge on any atom is 0.327 e. The first-order valence-electron chi connectivity index (χ1n) is 9.16. The molecule has 1 aromatic rings. The van der Waals surface area contributed by atoms with Crippen LogP contribution >= 0.6 is 12.4 Å². The smallest absolute Gasteiger partial charge is 0.327 e. The standard InChI is InChI=1S/C18H32N4O2.ClH/c1-5-19-11-16-7-9-21(10-8-16)12-17-14(3)20-22(15(17)4)13-18(23)24-6-2;/h16,19H,5-13H2,1-4H3;1H. The van der Waals surface area contributed by atoms with E-state index >= 15 is 0 Å². The summed E-state index contributed by atoms with van der Waals surface area (Å²) in [5, 5.41) is 7.99. The van der Waals surface area contributed by atoms with Crippen molar-refractivity contribution in [2.24, 2.45) is 5.92 Å². The lowest BCUT2D eigenvalue weighted by molar-refractivity contribution is -0.144. The minimum Gasteiger partial charge on any atom is -0.465 e. The normalized spacial score (nSPS) is 15.8. The number of hydrogen-bond acceptors (Lipinski definition) is 5. The van der Waals surface area contributed by atoms with Gasteiger partial charge in [0.25, 0.3) is 0 Å². The van der Waals surface area contributed by atoms with Gasteiger partial charge >= 0.3 is 5.97 Å². The molecule has 1 aromatic heterocycles. The Hall–Kier alpha value is -1.11. The Labute approximate surface area is 157 Å². The van der Waals surface area contributed by atoms with Gasteiger partial charge in [0.2, 0.25) is 0 Å². The molecular formula is C18H33ClN4O2. The Morgan fingerprint density at radius 3 is 2.56 bits per heavy atom. The molecule has 1 N–H and O–H groups in total. The number of esters is 1. The highest BCUT2D eigenvalue weighted by molar-refractivity contribution is 5.85. The summed E-state index contributed by atoms with van der Waals surface area (Å²) in [5.74, 6) is 0.578. The van der Waals surface area contributed by atoms with Crippen molar-refractivity contribution >= 4 is 18.4 Å². The van der Waals surface area contributed by atoms with Crippen molar-refractivity contribution in [2.45, 2.75) is 53.6 Å². The quantitative estimate of drug-likeness (QED) is 0.709. The average molecular weight is 373 g/mol. The van der Waals surface area contributed by atoms with Crippen LogP contribution in [-0.2, 0) is 22.6 Å². The van der Waals surface area contributed by atoms with Crippen molar-refractivity contribution in [3.8, 4) is 0 Å². The monoisotopic (exact) mass is 372 g/mol. The Morgan fingerprint density at radius 1 is 1.28 bits per heavy atom. The highest BCUT2D eigenvalue weighted by Gasteiger charge is 2.22. The van der Waals surface area contributed by atoms with E-state index < -0.39 is 0 Å². The molecule has 2 heterocycles. The number of likely N-dealkylation sites (tertiary alicyclic amines) is 1. The summed E-state index contributed by atoms with van der Waals surface area (Å²) in [4.78, 5) is 14.2. The van der Waals surface area contributed by atoms with Gasteiger partial charge in [0.05, 0.1) is 12.3 Å². The number of piperidine rings is 1. The Balaban J connectivity index is 0.00000312. The van der Waals surface area contributed by atoms with E-state index in [4.69, 9.17) is 4.74 Å². The van der Waals surface area contributed by atoms with Crippen molar-refractivity contribution in [3.63, 3.8) is 0 Å². The SMILES string of the molecule is CCNCC1CCN(Cc2c(C)nn(CC(=O)OCC)c2C)CC1.Cl. The Bertz CT molecular complexity index is 539. The number of aromatic nitrogens is 2. The predicted octanol–water partition coefficient (Wildman–Crippen LogP) is 2.31. The fourth-order valence-corrected chi connectivity index (χ4v) is 3.37. The number of aryl methyl sites for hydroxylation is 1. The molecule has 1 aliphatic heterocycles. The van der Waals surface area contributed by atoms with Crippen LogP contribution in [0, 0.1) is 19.8 Å². The van der Waals surface area contributed by atoms with Crippen LogP contribution in [0.25, 0.3) is 0 Å². The summed E-state index contributed by atoms with van der Waals surface area (Å²) < 4.78 is 6.81. The molecule has 1 aliphatic rings. The fourth-order valence-electron chi connectivity index (χ4n) is 3.37. The molecule has 0 atom stereocenters. The van der Waals surface area contributed by atoms with Crippen molar-refractivity contribution in [3.05, 3.63) is 17.0 Å². The minimum absolute atomic E-state index is 0. The molecule has 0 radical (unpaired) electrons. The maximum atomic E-state index is 11.7. The van der Waals surface area contributed by atoms with Gasteiger partial charge in [-0.05, 0) is 65.7 Å². The van der Waals surface area contributed by atoms with E-state index in [0.29, 0.717) is 6.61 Å². The molecule has 6 nitrogen and oxygen atoms in total. The Morgan fingerprint density at radius 2 is 1.96 bits per heavy atom. The maximum absolute atomic E-state index is 11.7. The number of ether oxygens (including phenoxy) is 1. The largest absolute Gasteiger partial charge is 0.465 e. The first-order chi connectivity index (χ1) is 11.5. The first kappa shape index (κ1) is 21.9. The summed E-state index contributed by atoms with van der Waals surface area (Å²) >= 11 is 0. The van der Waals surface area contributed by atoms with Crippen LogP contribution in [0.4, 0.5) is 0 Å². The van der Waals surface area contributed by atoms with E-state index in [1.54, 1.807) is 4.68 Å². The molecule has 2 rings (SSSR count). The molecule has 0 amide bonds. The van der Waals surface area contributed by atoms with Gasteiger partial charge in [-0.15, -0.1) is 12.4 Å². The second-order valence-electron chi connectivity index (χ2n) is 6.64. The third-order valence-electron chi connectivity index (χ3n) is 4.89. The average Bonchev–Trinajstić information content (AvgIpc) is 2.82. The van der Waals surface area contributed by atoms with Gasteiger partial charge in [-0.2, -0.15) is 5.10 Å². The first-order valence-corrected chi connectivity index (χ1v) is 9.16. The van der Waals surface area contributed by atoms with Gasteiger partial charge in [-0.1, -0.05) is 6.92 Å². The number of carbonyl (C=O) groups excluding carboxylic acids is 1. The van der Waals surface area contributed by atoms with Crippen LogP contribution in [0.15, 0.2) is 0 Å².